The van der Waals surface area contributed by atoms with E-state index in [1.165, 1.54) is 0 Å². The molecule has 1 N–H and O–H groups in total. The second kappa shape index (κ2) is 6.17. The van der Waals surface area contributed by atoms with Crippen LogP contribution in [0.4, 0.5) is 0 Å². The molecule has 0 aromatic rings. The van der Waals surface area contributed by atoms with Crippen LogP contribution in [-0.4, -0.2) is 29.8 Å². The van der Waals surface area contributed by atoms with Crippen LogP contribution >= 0.6 is 7.37 Å². The Labute approximate surface area is 78.7 Å². The molecule has 0 saturated heterocycles. The second-order valence-corrected chi connectivity index (χ2v) is 5.63. The molecule has 0 saturated carbocycles. The van der Waals surface area contributed by atoms with Crippen molar-refractivity contribution in [1.82, 2.24) is 0 Å². The van der Waals surface area contributed by atoms with Gasteiger partial charge in [-0.3, -0.25) is 9.36 Å². The zero-order chi connectivity index (χ0) is 10.3. The highest BCUT2D eigenvalue weighted by molar-refractivity contribution is 7.57. The van der Waals surface area contributed by atoms with Gasteiger partial charge in [0.05, 0.1) is 6.16 Å². The van der Waals surface area contributed by atoms with E-state index in [1.54, 1.807) is 6.92 Å². The molecule has 0 aliphatic rings. The van der Waals surface area contributed by atoms with E-state index in [0.29, 0.717) is 6.42 Å². The quantitative estimate of drug-likeness (QED) is 0.532. The van der Waals surface area contributed by atoms with Crippen LogP contribution in [0, 0.1) is 0 Å². The van der Waals surface area contributed by atoms with Crippen molar-refractivity contribution in [2.75, 3.05) is 18.9 Å². The molecule has 0 aromatic carbocycles. The van der Waals surface area contributed by atoms with Crippen LogP contribution in [0.1, 0.15) is 26.7 Å². The average Bonchev–Trinajstić information content (AvgIpc) is 2.05. The monoisotopic (exact) mass is 208 g/mol. The van der Waals surface area contributed by atoms with Crippen LogP contribution in [0.5, 0.6) is 0 Å². The smallest absolute Gasteiger partial charge is 0.305 e. The van der Waals surface area contributed by atoms with Gasteiger partial charge in [0.2, 0.25) is 7.37 Å². The Morgan fingerprint density at radius 3 is 2.54 bits per heavy atom. The highest BCUT2D eigenvalue weighted by Gasteiger charge is 2.15. The predicted molar refractivity (Wildman–Crippen MR) is 51.1 cm³/mol. The minimum absolute atomic E-state index is 0.0560. The van der Waals surface area contributed by atoms with E-state index in [0.717, 1.165) is 6.42 Å². The normalized spacial score (nSPS) is 15.0. The van der Waals surface area contributed by atoms with Crippen molar-refractivity contribution in [3.8, 4) is 0 Å². The summed E-state index contributed by atoms with van der Waals surface area (Å²) in [6.07, 6.45) is 1.42. The summed E-state index contributed by atoms with van der Waals surface area (Å²) >= 11 is 0. The lowest BCUT2D eigenvalue weighted by molar-refractivity contribution is -0.143. The fourth-order valence-electron chi connectivity index (χ4n) is 0.737. The SMILES string of the molecule is CCCC(=O)OCCP(=O)(O)CC. The first-order valence-corrected chi connectivity index (χ1v) is 6.51. The van der Waals surface area contributed by atoms with Gasteiger partial charge in [0.1, 0.15) is 6.61 Å². The molecule has 0 amide bonds. The van der Waals surface area contributed by atoms with E-state index in [4.69, 9.17) is 9.63 Å². The largest absolute Gasteiger partial charge is 0.465 e. The summed E-state index contributed by atoms with van der Waals surface area (Å²) in [6.45, 7) is 3.58. The Morgan fingerprint density at radius 1 is 1.46 bits per heavy atom. The molecule has 13 heavy (non-hydrogen) atoms. The minimum atomic E-state index is -3.03. The van der Waals surface area contributed by atoms with Crippen molar-refractivity contribution in [2.24, 2.45) is 0 Å². The zero-order valence-electron chi connectivity index (χ0n) is 8.15. The van der Waals surface area contributed by atoms with E-state index < -0.39 is 7.37 Å². The molecule has 1 atom stereocenters. The lowest BCUT2D eigenvalue weighted by Crippen LogP contribution is -2.08. The second-order valence-electron chi connectivity index (χ2n) is 2.86. The first-order valence-electron chi connectivity index (χ1n) is 4.48. The number of carbonyl (C=O) groups excluding carboxylic acids is 1. The van der Waals surface area contributed by atoms with Gasteiger partial charge in [0.25, 0.3) is 0 Å². The van der Waals surface area contributed by atoms with Gasteiger partial charge in [0.15, 0.2) is 0 Å². The third-order valence-electron chi connectivity index (χ3n) is 1.65. The van der Waals surface area contributed by atoms with E-state index in [2.05, 4.69) is 0 Å². The highest BCUT2D eigenvalue weighted by Crippen LogP contribution is 2.38. The van der Waals surface area contributed by atoms with E-state index in [9.17, 15) is 9.36 Å². The number of carbonyl (C=O) groups is 1. The van der Waals surface area contributed by atoms with E-state index >= 15 is 0 Å². The molecule has 5 heteroatoms. The lowest BCUT2D eigenvalue weighted by atomic mass is 10.3. The molecule has 4 nitrogen and oxygen atoms in total. The molecule has 0 heterocycles. The maximum Gasteiger partial charge on any atom is 0.305 e. The minimum Gasteiger partial charge on any atom is -0.465 e. The molecule has 0 aliphatic carbocycles. The summed E-state index contributed by atoms with van der Waals surface area (Å²) in [6, 6.07) is 0. The molecule has 0 fully saturated rings. The van der Waals surface area contributed by atoms with Gasteiger partial charge >= 0.3 is 5.97 Å². The van der Waals surface area contributed by atoms with Gasteiger partial charge in [-0.1, -0.05) is 13.8 Å². The van der Waals surface area contributed by atoms with Crippen LogP contribution in [0.25, 0.3) is 0 Å². The van der Waals surface area contributed by atoms with Gasteiger partial charge < -0.3 is 9.63 Å². The summed E-state index contributed by atoms with van der Waals surface area (Å²) in [5.74, 6) is -0.293. The summed E-state index contributed by atoms with van der Waals surface area (Å²) in [5, 5.41) is 0. The van der Waals surface area contributed by atoms with E-state index in [-0.39, 0.29) is 24.9 Å². The lowest BCUT2D eigenvalue weighted by Gasteiger charge is -2.08. The summed E-state index contributed by atoms with van der Waals surface area (Å²) < 4.78 is 15.8. The summed E-state index contributed by atoms with van der Waals surface area (Å²) in [4.78, 5) is 20.0. The molecular formula is C8H17O4P. The van der Waals surface area contributed by atoms with Crippen LogP contribution in [0.3, 0.4) is 0 Å². The van der Waals surface area contributed by atoms with Crippen molar-refractivity contribution >= 4 is 13.3 Å². The fraction of sp³-hybridized carbons (Fsp3) is 0.875. The standard InChI is InChI=1S/C8H17O4P/c1-3-5-8(9)12-6-7-13(10,11)4-2/h3-7H2,1-2H3,(H,10,11). The average molecular weight is 208 g/mol. The van der Waals surface area contributed by atoms with Gasteiger partial charge in [-0.2, -0.15) is 0 Å². The first kappa shape index (κ1) is 12.7. The highest BCUT2D eigenvalue weighted by atomic mass is 31.2. The van der Waals surface area contributed by atoms with Crippen molar-refractivity contribution in [3.05, 3.63) is 0 Å². The van der Waals surface area contributed by atoms with Gasteiger partial charge in [0, 0.05) is 12.6 Å². The van der Waals surface area contributed by atoms with Gasteiger partial charge in [-0.15, -0.1) is 0 Å². The van der Waals surface area contributed by atoms with Gasteiger partial charge in [-0.05, 0) is 6.42 Å². The molecule has 0 aromatic heterocycles. The molecule has 1 unspecified atom stereocenters. The van der Waals surface area contributed by atoms with Crippen molar-refractivity contribution in [2.45, 2.75) is 26.7 Å². The number of rotatable bonds is 6. The van der Waals surface area contributed by atoms with Crippen LogP contribution in [-0.2, 0) is 14.1 Å². The molecule has 0 rings (SSSR count). The van der Waals surface area contributed by atoms with Crippen molar-refractivity contribution in [3.63, 3.8) is 0 Å². The third-order valence-corrected chi connectivity index (χ3v) is 3.52. The summed E-state index contributed by atoms with van der Waals surface area (Å²) in [7, 11) is -3.03. The van der Waals surface area contributed by atoms with Crippen LogP contribution in [0.2, 0.25) is 0 Å². The molecular weight excluding hydrogens is 191 g/mol. The Hall–Kier alpha value is -0.340. The third kappa shape index (κ3) is 6.79. The molecule has 0 bridgehead atoms. The molecule has 0 aliphatic heterocycles. The topological polar surface area (TPSA) is 63.6 Å². The maximum atomic E-state index is 11.1. The van der Waals surface area contributed by atoms with Gasteiger partial charge in [-0.25, -0.2) is 0 Å². The molecule has 0 radical (unpaired) electrons. The Kier molecular flexibility index (Phi) is 6.00. The Balaban J connectivity index is 3.56. The number of ether oxygens (including phenoxy) is 1. The first-order chi connectivity index (χ1) is 6.02. The summed E-state index contributed by atoms with van der Waals surface area (Å²) in [5.41, 5.74) is 0. The Morgan fingerprint density at radius 2 is 2.08 bits per heavy atom. The maximum absolute atomic E-state index is 11.1. The number of esters is 1. The Bertz CT molecular complexity index is 202. The molecule has 0 spiro atoms. The van der Waals surface area contributed by atoms with Crippen LogP contribution < -0.4 is 0 Å². The van der Waals surface area contributed by atoms with E-state index in [1.807, 2.05) is 6.92 Å². The zero-order valence-corrected chi connectivity index (χ0v) is 9.05. The van der Waals surface area contributed by atoms with Crippen molar-refractivity contribution < 1.29 is 19.0 Å². The number of hydrogen-bond donors (Lipinski definition) is 1. The van der Waals surface area contributed by atoms with Crippen LogP contribution in [0.15, 0.2) is 0 Å². The fourth-order valence-corrected chi connectivity index (χ4v) is 1.43. The van der Waals surface area contributed by atoms with Crippen molar-refractivity contribution in [1.29, 1.82) is 0 Å². The molecule has 78 valence electrons. The number of hydrogen-bond acceptors (Lipinski definition) is 3. The predicted octanol–water partition coefficient (Wildman–Crippen LogP) is 1.62.